The minimum absolute atomic E-state index is 0.180. The molecule has 0 spiro atoms. The largest absolute Gasteiger partial charge is 0.493 e. The van der Waals surface area contributed by atoms with E-state index in [-0.39, 0.29) is 6.03 Å². The number of methoxy groups -OCH3 is 2. The Morgan fingerprint density at radius 1 is 1.17 bits per heavy atom. The monoisotopic (exact) mass is 321 g/mol. The normalized spacial score (nSPS) is 21.6. The molecule has 6 heteroatoms. The van der Waals surface area contributed by atoms with E-state index < -0.39 is 0 Å². The topological polar surface area (TPSA) is 62.8 Å². The van der Waals surface area contributed by atoms with Gasteiger partial charge in [-0.15, -0.1) is 0 Å². The summed E-state index contributed by atoms with van der Waals surface area (Å²) in [6, 6.07) is 6.17. The number of carbonyl (C=O) groups is 1. The molecule has 23 heavy (non-hydrogen) atoms. The maximum Gasteiger partial charge on any atom is 0.329 e. The average Bonchev–Trinajstić information content (AvgIpc) is 2.56. The number of urea groups is 1. The molecule has 1 heterocycles. The first-order chi connectivity index (χ1) is 11.0. The van der Waals surface area contributed by atoms with Crippen molar-refractivity contribution in [2.24, 2.45) is 0 Å². The van der Waals surface area contributed by atoms with Crippen LogP contribution in [0.25, 0.3) is 0 Å². The summed E-state index contributed by atoms with van der Waals surface area (Å²) in [7, 11) is 3.20. The van der Waals surface area contributed by atoms with Gasteiger partial charge >= 0.3 is 6.03 Å². The highest BCUT2D eigenvalue weighted by molar-refractivity contribution is 5.73. The van der Waals surface area contributed by atoms with E-state index in [0.29, 0.717) is 30.1 Å². The average molecular weight is 321 g/mol. The van der Waals surface area contributed by atoms with Gasteiger partial charge in [0.05, 0.1) is 14.2 Å². The van der Waals surface area contributed by atoms with Gasteiger partial charge in [0.25, 0.3) is 0 Å². The molecule has 128 valence electrons. The van der Waals surface area contributed by atoms with Gasteiger partial charge in [-0.1, -0.05) is 12.5 Å². The molecule has 1 aromatic carbocycles. The van der Waals surface area contributed by atoms with Crippen molar-refractivity contribution in [2.45, 2.75) is 51.7 Å². The number of ether oxygens (including phenoxy) is 2. The summed E-state index contributed by atoms with van der Waals surface area (Å²) in [5.74, 6) is 1.34. The van der Waals surface area contributed by atoms with E-state index in [2.05, 4.69) is 24.6 Å². The van der Waals surface area contributed by atoms with Crippen LogP contribution in [-0.4, -0.2) is 37.3 Å². The minimum Gasteiger partial charge on any atom is -0.493 e. The molecule has 2 atom stereocenters. The van der Waals surface area contributed by atoms with Crippen molar-refractivity contribution in [3.05, 3.63) is 23.8 Å². The van der Waals surface area contributed by atoms with E-state index in [0.717, 1.165) is 18.4 Å². The van der Waals surface area contributed by atoms with Crippen LogP contribution in [0.15, 0.2) is 18.2 Å². The molecule has 0 unspecified atom stereocenters. The molecule has 6 nitrogen and oxygen atoms in total. The molecule has 2 N–H and O–H groups in total. The number of piperidine rings is 1. The van der Waals surface area contributed by atoms with Gasteiger partial charge in [0.1, 0.15) is 0 Å². The Labute approximate surface area is 138 Å². The molecule has 0 saturated carbocycles. The molecule has 1 saturated heterocycles. The van der Waals surface area contributed by atoms with Crippen molar-refractivity contribution in [1.29, 1.82) is 0 Å². The molecule has 1 aliphatic rings. The summed E-state index contributed by atoms with van der Waals surface area (Å²) < 4.78 is 10.5. The van der Waals surface area contributed by atoms with Crippen molar-refractivity contribution >= 4 is 6.03 Å². The second-order valence-corrected chi connectivity index (χ2v) is 6.02. The predicted molar refractivity (Wildman–Crippen MR) is 89.5 cm³/mol. The number of nitrogens with one attached hydrogen (secondary N) is 2. The van der Waals surface area contributed by atoms with Gasteiger partial charge < -0.3 is 14.8 Å². The predicted octanol–water partition coefficient (Wildman–Crippen LogP) is 2.68. The molecule has 0 bridgehead atoms. The molecule has 0 aromatic heterocycles. The Morgan fingerprint density at radius 2 is 1.83 bits per heavy atom. The van der Waals surface area contributed by atoms with Gasteiger partial charge in [-0.25, -0.2) is 9.80 Å². The second kappa shape index (κ2) is 8.06. The van der Waals surface area contributed by atoms with Crippen molar-refractivity contribution in [3.63, 3.8) is 0 Å². The van der Waals surface area contributed by atoms with Crippen LogP contribution in [0.5, 0.6) is 11.5 Å². The molecule has 1 aliphatic heterocycles. The molecule has 1 aromatic rings. The van der Waals surface area contributed by atoms with Crippen molar-refractivity contribution in [2.75, 3.05) is 14.2 Å². The van der Waals surface area contributed by atoms with Gasteiger partial charge in [-0.05, 0) is 44.4 Å². The lowest BCUT2D eigenvalue weighted by Crippen LogP contribution is -2.56. The van der Waals surface area contributed by atoms with E-state index >= 15 is 0 Å². The first-order valence-corrected chi connectivity index (χ1v) is 8.09. The highest BCUT2D eigenvalue weighted by Gasteiger charge is 2.25. The number of benzene rings is 1. The number of nitrogens with zero attached hydrogens (tertiary/aromatic N) is 1. The molecule has 1 fully saturated rings. The smallest absolute Gasteiger partial charge is 0.329 e. The minimum atomic E-state index is -0.180. The Hall–Kier alpha value is -1.95. The first kappa shape index (κ1) is 17.4. The quantitative estimate of drug-likeness (QED) is 0.875. The Morgan fingerprint density at radius 3 is 2.43 bits per heavy atom. The Kier molecular flexibility index (Phi) is 6.10. The number of hydrogen-bond donors (Lipinski definition) is 2. The first-order valence-electron chi connectivity index (χ1n) is 8.09. The highest BCUT2D eigenvalue weighted by atomic mass is 16.5. The fourth-order valence-electron chi connectivity index (χ4n) is 2.97. The van der Waals surface area contributed by atoms with Crippen LogP contribution in [0, 0.1) is 0 Å². The van der Waals surface area contributed by atoms with Crippen LogP contribution in [0.2, 0.25) is 0 Å². The third-order valence-electron chi connectivity index (χ3n) is 4.33. The number of rotatable bonds is 5. The van der Waals surface area contributed by atoms with Crippen molar-refractivity contribution in [3.8, 4) is 11.5 Å². The fraction of sp³-hybridized carbons (Fsp3) is 0.588. The zero-order valence-electron chi connectivity index (χ0n) is 14.4. The number of hydrogen-bond acceptors (Lipinski definition) is 4. The zero-order chi connectivity index (χ0) is 16.8. The molecular weight excluding hydrogens is 294 g/mol. The number of hydrazine groups is 1. The van der Waals surface area contributed by atoms with Gasteiger partial charge in [-0.3, -0.25) is 5.43 Å². The van der Waals surface area contributed by atoms with Crippen LogP contribution in [0.1, 0.15) is 38.7 Å². The lowest BCUT2D eigenvalue weighted by molar-refractivity contribution is 0.0594. The maximum absolute atomic E-state index is 12.1. The molecule has 0 aliphatic carbocycles. The number of amides is 2. The van der Waals surface area contributed by atoms with Crippen LogP contribution < -0.4 is 20.2 Å². The molecule has 2 rings (SSSR count). The Bertz CT molecular complexity index is 526. The van der Waals surface area contributed by atoms with E-state index in [1.807, 2.05) is 23.2 Å². The molecular formula is C17H27N3O3. The lowest BCUT2D eigenvalue weighted by Gasteiger charge is -2.38. The zero-order valence-corrected chi connectivity index (χ0v) is 14.4. The van der Waals surface area contributed by atoms with Gasteiger partial charge in [0.15, 0.2) is 11.5 Å². The summed E-state index contributed by atoms with van der Waals surface area (Å²) in [6.45, 7) is 4.72. The van der Waals surface area contributed by atoms with E-state index in [1.165, 1.54) is 6.42 Å². The SMILES string of the molecule is COc1ccc(CNC(=O)NN2[C@H](C)CCC[C@@H]2C)cc1OC. The van der Waals surface area contributed by atoms with Crippen molar-refractivity contribution < 1.29 is 14.3 Å². The Balaban J connectivity index is 1.89. The molecule has 0 radical (unpaired) electrons. The van der Waals surface area contributed by atoms with E-state index in [4.69, 9.17) is 9.47 Å². The summed E-state index contributed by atoms with van der Waals surface area (Å²) >= 11 is 0. The third-order valence-corrected chi connectivity index (χ3v) is 4.33. The van der Waals surface area contributed by atoms with Crippen LogP contribution in [-0.2, 0) is 6.54 Å². The lowest BCUT2D eigenvalue weighted by atomic mass is 10.00. The number of carbonyl (C=O) groups excluding carboxylic acids is 1. The van der Waals surface area contributed by atoms with E-state index in [1.54, 1.807) is 14.2 Å². The molecule has 2 amide bonds. The third kappa shape index (κ3) is 4.51. The summed E-state index contributed by atoms with van der Waals surface area (Å²) in [5.41, 5.74) is 3.92. The standard InChI is InChI=1S/C17H27N3O3/c1-12-6-5-7-13(2)20(12)19-17(21)18-11-14-8-9-15(22-3)16(10-14)23-4/h8-10,12-13H,5-7,11H2,1-4H3,(H2,18,19,21)/t12-,13+. The van der Waals surface area contributed by atoms with Gasteiger partial charge in [0, 0.05) is 18.6 Å². The second-order valence-electron chi connectivity index (χ2n) is 6.02. The van der Waals surface area contributed by atoms with Gasteiger partial charge in [-0.2, -0.15) is 0 Å². The maximum atomic E-state index is 12.1. The summed E-state index contributed by atoms with van der Waals surface area (Å²) in [6.07, 6.45) is 3.44. The van der Waals surface area contributed by atoms with Crippen LogP contribution in [0.3, 0.4) is 0 Å². The van der Waals surface area contributed by atoms with Gasteiger partial charge in [0.2, 0.25) is 0 Å². The summed E-state index contributed by atoms with van der Waals surface area (Å²) in [5, 5.41) is 4.94. The van der Waals surface area contributed by atoms with Crippen LogP contribution in [0.4, 0.5) is 4.79 Å². The highest BCUT2D eigenvalue weighted by Crippen LogP contribution is 2.27. The van der Waals surface area contributed by atoms with E-state index in [9.17, 15) is 4.79 Å². The summed E-state index contributed by atoms with van der Waals surface area (Å²) in [4.78, 5) is 12.1. The van der Waals surface area contributed by atoms with Crippen molar-refractivity contribution in [1.82, 2.24) is 15.8 Å². The van der Waals surface area contributed by atoms with Crippen LogP contribution >= 0.6 is 0 Å². The fourth-order valence-corrected chi connectivity index (χ4v) is 2.97.